The van der Waals surface area contributed by atoms with Gasteiger partial charge >= 0.3 is 0 Å². The quantitative estimate of drug-likeness (QED) is 0.568. The van der Waals surface area contributed by atoms with E-state index in [4.69, 9.17) is 4.99 Å². The molecule has 138 valence electrons. The number of hydrogen-bond donors (Lipinski definition) is 0. The van der Waals surface area contributed by atoms with Crippen LogP contribution in [0, 0.1) is 0 Å². The standard InChI is InChI=1S/C26H25N2/c1-2-8-19-9-3-4-11-22(19)26-25-21(15-16-27-26)14-13-20-10-7-18-28-17-6-5-12-23(28)24(20)25/h2-6,8-9,11-14,17H,7,10,15-16,18H2,1H3/q+1. The van der Waals surface area contributed by atoms with Crippen LogP contribution >= 0.6 is 0 Å². The number of aliphatic imine (C=N–C) groups is 1. The van der Waals surface area contributed by atoms with Crippen LogP contribution in [0.4, 0.5) is 0 Å². The van der Waals surface area contributed by atoms with Crippen molar-refractivity contribution in [2.75, 3.05) is 6.54 Å². The summed E-state index contributed by atoms with van der Waals surface area (Å²) in [7, 11) is 0. The molecule has 0 radical (unpaired) electrons. The van der Waals surface area contributed by atoms with Crippen molar-refractivity contribution in [2.45, 2.75) is 32.7 Å². The fourth-order valence-electron chi connectivity index (χ4n) is 4.63. The van der Waals surface area contributed by atoms with Gasteiger partial charge in [0, 0.05) is 36.2 Å². The van der Waals surface area contributed by atoms with Crippen molar-refractivity contribution in [1.82, 2.24) is 0 Å². The predicted molar refractivity (Wildman–Crippen MR) is 116 cm³/mol. The van der Waals surface area contributed by atoms with Gasteiger partial charge in [-0.25, -0.2) is 0 Å². The van der Waals surface area contributed by atoms with Crippen molar-refractivity contribution >= 4 is 11.8 Å². The van der Waals surface area contributed by atoms with Crippen molar-refractivity contribution in [3.05, 3.63) is 94.7 Å². The molecule has 0 spiro atoms. The molecular weight excluding hydrogens is 340 g/mol. The van der Waals surface area contributed by atoms with Crippen LogP contribution < -0.4 is 4.57 Å². The second kappa shape index (κ2) is 7.20. The fourth-order valence-corrected chi connectivity index (χ4v) is 4.63. The van der Waals surface area contributed by atoms with E-state index in [0.29, 0.717) is 0 Å². The average molecular weight is 366 g/mol. The molecule has 3 aromatic rings. The summed E-state index contributed by atoms with van der Waals surface area (Å²) in [5, 5.41) is 0. The maximum Gasteiger partial charge on any atom is 0.213 e. The maximum atomic E-state index is 5.07. The lowest BCUT2D eigenvalue weighted by atomic mass is 9.83. The topological polar surface area (TPSA) is 16.2 Å². The maximum absolute atomic E-state index is 5.07. The molecule has 2 aliphatic heterocycles. The highest BCUT2D eigenvalue weighted by molar-refractivity contribution is 6.19. The van der Waals surface area contributed by atoms with Crippen LogP contribution in [0.2, 0.25) is 0 Å². The van der Waals surface area contributed by atoms with Crippen molar-refractivity contribution in [3.63, 3.8) is 0 Å². The molecule has 5 rings (SSSR count). The van der Waals surface area contributed by atoms with E-state index in [1.165, 1.54) is 45.5 Å². The third kappa shape index (κ3) is 2.80. The summed E-state index contributed by atoms with van der Waals surface area (Å²) in [5.41, 5.74) is 10.6. The second-order valence-corrected chi connectivity index (χ2v) is 7.58. The first-order valence-electron chi connectivity index (χ1n) is 10.3. The van der Waals surface area contributed by atoms with Crippen molar-refractivity contribution in [2.24, 2.45) is 4.99 Å². The summed E-state index contributed by atoms with van der Waals surface area (Å²) in [6.45, 7) is 4.01. The number of pyridine rings is 1. The van der Waals surface area contributed by atoms with E-state index >= 15 is 0 Å². The van der Waals surface area contributed by atoms with Crippen LogP contribution in [0.15, 0.2) is 71.9 Å². The molecule has 2 aromatic carbocycles. The molecule has 3 heterocycles. The van der Waals surface area contributed by atoms with Crippen molar-refractivity contribution < 1.29 is 4.57 Å². The minimum Gasteiger partial charge on any atom is -0.284 e. The van der Waals surface area contributed by atoms with E-state index in [-0.39, 0.29) is 0 Å². The molecule has 0 aliphatic carbocycles. The molecule has 0 N–H and O–H groups in total. The van der Waals surface area contributed by atoms with E-state index in [0.717, 1.165) is 31.6 Å². The lowest BCUT2D eigenvalue weighted by Gasteiger charge is -2.22. The highest BCUT2D eigenvalue weighted by Gasteiger charge is 2.29. The van der Waals surface area contributed by atoms with Gasteiger partial charge < -0.3 is 0 Å². The van der Waals surface area contributed by atoms with E-state index in [9.17, 15) is 0 Å². The number of rotatable bonds is 2. The van der Waals surface area contributed by atoms with Gasteiger partial charge in [0.1, 0.15) is 6.54 Å². The summed E-state index contributed by atoms with van der Waals surface area (Å²) in [6, 6.07) is 19.9. The number of aromatic nitrogens is 1. The molecule has 1 aromatic heterocycles. The predicted octanol–water partition coefficient (Wildman–Crippen LogP) is 5.01. The molecule has 0 amide bonds. The van der Waals surface area contributed by atoms with E-state index in [1.807, 2.05) is 0 Å². The minimum atomic E-state index is 0.861. The number of benzene rings is 2. The molecule has 2 aliphatic rings. The van der Waals surface area contributed by atoms with Crippen LogP contribution in [-0.2, 0) is 19.4 Å². The summed E-state index contributed by atoms with van der Waals surface area (Å²) in [5.74, 6) is 0. The van der Waals surface area contributed by atoms with Crippen LogP contribution in [-0.4, -0.2) is 12.3 Å². The van der Waals surface area contributed by atoms with Crippen molar-refractivity contribution in [3.8, 4) is 11.3 Å². The van der Waals surface area contributed by atoms with Gasteiger partial charge in [0.15, 0.2) is 6.20 Å². The smallest absolute Gasteiger partial charge is 0.213 e. The second-order valence-electron chi connectivity index (χ2n) is 7.58. The Morgan fingerprint density at radius 3 is 2.61 bits per heavy atom. The van der Waals surface area contributed by atoms with Crippen LogP contribution in [0.5, 0.6) is 0 Å². The summed E-state index contributed by atoms with van der Waals surface area (Å²) < 4.78 is 2.41. The Morgan fingerprint density at radius 1 is 0.893 bits per heavy atom. The molecule has 28 heavy (non-hydrogen) atoms. The highest BCUT2D eigenvalue weighted by Crippen LogP contribution is 2.35. The first-order chi connectivity index (χ1) is 13.9. The minimum absolute atomic E-state index is 0.861. The van der Waals surface area contributed by atoms with Gasteiger partial charge in [0.05, 0.1) is 11.3 Å². The Balaban J connectivity index is 1.81. The Kier molecular flexibility index (Phi) is 4.40. The summed E-state index contributed by atoms with van der Waals surface area (Å²) in [6.07, 6.45) is 9.83. The van der Waals surface area contributed by atoms with Gasteiger partial charge in [0.25, 0.3) is 0 Å². The van der Waals surface area contributed by atoms with Crippen LogP contribution in [0.25, 0.3) is 17.3 Å². The molecular formula is C26H25N2+. The summed E-state index contributed by atoms with van der Waals surface area (Å²) in [4.78, 5) is 5.07. The zero-order valence-corrected chi connectivity index (χ0v) is 16.4. The monoisotopic (exact) mass is 365 g/mol. The third-order valence-electron chi connectivity index (χ3n) is 5.87. The fraction of sp³-hybridized carbons (Fsp3) is 0.231. The van der Waals surface area contributed by atoms with Gasteiger partial charge in [0.2, 0.25) is 5.69 Å². The zero-order valence-electron chi connectivity index (χ0n) is 16.4. The van der Waals surface area contributed by atoms with Crippen LogP contribution in [0.1, 0.15) is 41.2 Å². The molecule has 0 saturated carbocycles. The lowest BCUT2D eigenvalue weighted by molar-refractivity contribution is -0.686. The molecule has 0 fully saturated rings. The molecule has 0 atom stereocenters. The van der Waals surface area contributed by atoms with Crippen molar-refractivity contribution in [1.29, 1.82) is 0 Å². The summed E-state index contributed by atoms with van der Waals surface area (Å²) >= 11 is 0. The van der Waals surface area contributed by atoms with Gasteiger partial charge in [-0.2, -0.15) is 4.57 Å². The zero-order chi connectivity index (χ0) is 18.9. The third-order valence-corrected chi connectivity index (χ3v) is 5.87. The SMILES string of the molecule is CC=Cc1ccccc1C1=NCCc2ccc3c(c21)-c1cccc[n+]1CCC3. The number of fused-ring (bicyclic) bond motifs is 5. The molecule has 2 nitrogen and oxygen atoms in total. The normalized spacial score (nSPS) is 15.4. The largest absolute Gasteiger partial charge is 0.284 e. The molecule has 0 unspecified atom stereocenters. The number of aryl methyl sites for hydroxylation is 2. The Labute approximate surface area is 166 Å². The van der Waals surface area contributed by atoms with Crippen LogP contribution in [0.3, 0.4) is 0 Å². The first kappa shape index (κ1) is 17.1. The highest BCUT2D eigenvalue weighted by atomic mass is 15.0. The van der Waals surface area contributed by atoms with Gasteiger partial charge in [-0.05, 0) is 42.5 Å². The Morgan fingerprint density at radius 2 is 1.71 bits per heavy atom. The van der Waals surface area contributed by atoms with E-state index in [2.05, 4.69) is 84.4 Å². The first-order valence-corrected chi connectivity index (χ1v) is 10.3. The Bertz CT molecular complexity index is 1110. The number of allylic oxidation sites excluding steroid dienone is 1. The van der Waals surface area contributed by atoms with E-state index in [1.54, 1.807) is 0 Å². The average Bonchev–Trinajstić information content (AvgIpc) is 2.93. The molecule has 0 saturated heterocycles. The molecule has 0 bridgehead atoms. The molecule has 2 heteroatoms. The van der Waals surface area contributed by atoms with Gasteiger partial charge in [-0.15, -0.1) is 0 Å². The van der Waals surface area contributed by atoms with E-state index < -0.39 is 0 Å². The lowest BCUT2D eigenvalue weighted by Crippen LogP contribution is -2.35. The van der Waals surface area contributed by atoms with Gasteiger partial charge in [-0.3, -0.25) is 4.99 Å². The Hall–Kier alpha value is -3.00. The van der Waals surface area contributed by atoms with Gasteiger partial charge in [-0.1, -0.05) is 48.6 Å². The number of nitrogens with zero attached hydrogens (tertiary/aromatic N) is 2. The number of hydrogen-bond acceptors (Lipinski definition) is 1.